The van der Waals surface area contributed by atoms with Gasteiger partial charge < -0.3 is 23.5 Å². The van der Waals surface area contributed by atoms with Gasteiger partial charge in [-0.2, -0.15) is 0 Å². The third kappa shape index (κ3) is 6.45. The Hall–Kier alpha value is -6.23. The minimum Gasteiger partial charge on any atom is -0.497 e. The van der Waals surface area contributed by atoms with Crippen LogP contribution >= 0.6 is 0 Å². The van der Waals surface area contributed by atoms with Crippen LogP contribution in [0.25, 0.3) is 11.3 Å². The molecule has 11 heteroatoms. The highest BCUT2D eigenvalue weighted by atomic mass is 16.5. The third-order valence-electron chi connectivity index (χ3n) is 7.49. The molecule has 0 aliphatic rings. The molecule has 1 aromatic heterocycles. The molecule has 0 aliphatic heterocycles. The van der Waals surface area contributed by atoms with Crippen LogP contribution in [-0.4, -0.2) is 61.4 Å². The van der Waals surface area contributed by atoms with E-state index in [0.29, 0.717) is 28.6 Å². The van der Waals surface area contributed by atoms with Gasteiger partial charge in [-0.3, -0.25) is 19.2 Å². The number of carbonyl (C=O) groups excluding carboxylic acids is 4. The van der Waals surface area contributed by atoms with Crippen LogP contribution in [0.5, 0.6) is 23.0 Å². The second-order valence-corrected chi connectivity index (χ2v) is 10.2. The number of benzene rings is 4. The van der Waals surface area contributed by atoms with Crippen LogP contribution in [0.2, 0.25) is 0 Å². The SMILES string of the molecule is COc1ccc(C(=O)C(=O)c2c(-c3ccc(OC)cc3)nc(N(C(=O)c3ccc(OC)cc3)C(=O)c3ccc(OC)cc3)n2C)cc1. The fourth-order valence-electron chi connectivity index (χ4n) is 4.88. The lowest BCUT2D eigenvalue weighted by molar-refractivity contribution is 0.0812. The normalized spacial score (nSPS) is 10.6. The Kier molecular flexibility index (Phi) is 9.46. The topological polar surface area (TPSA) is 126 Å². The predicted molar refractivity (Wildman–Crippen MR) is 174 cm³/mol. The van der Waals surface area contributed by atoms with Crippen molar-refractivity contribution in [3.05, 3.63) is 119 Å². The Morgan fingerprint density at radius 1 is 0.532 bits per heavy atom. The first-order valence-electron chi connectivity index (χ1n) is 14.3. The van der Waals surface area contributed by atoms with Crippen LogP contribution in [0.1, 0.15) is 41.6 Å². The first-order chi connectivity index (χ1) is 22.7. The van der Waals surface area contributed by atoms with E-state index in [9.17, 15) is 19.2 Å². The number of imidazole rings is 1. The number of ketones is 2. The van der Waals surface area contributed by atoms with Gasteiger partial charge in [0.05, 0.1) is 28.4 Å². The number of rotatable bonds is 11. The Bertz CT molecular complexity index is 1870. The van der Waals surface area contributed by atoms with Crippen LogP contribution in [0.4, 0.5) is 5.95 Å². The van der Waals surface area contributed by atoms with Crippen LogP contribution in [0.15, 0.2) is 97.1 Å². The summed E-state index contributed by atoms with van der Waals surface area (Å²) in [6.07, 6.45) is 0. The summed E-state index contributed by atoms with van der Waals surface area (Å²) in [7, 11) is 7.48. The summed E-state index contributed by atoms with van der Waals surface area (Å²) < 4.78 is 22.2. The van der Waals surface area contributed by atoms with E-state index < -0.39 is 23.4 Å². The van der Waals surface area contributed by atoms with Gasteiger partial charge in [-0.1, -0.05) is 0 Å². The molecule has 0 spiro atoms. The number of Topliss-reactive ketones (excluding diaryl/α,β-unsaturated/α-hetero) is 2. The molecule has 47 heavy (non-hydrogen) atoms. The average Bonchev–Trinajstić information content (AvgIpc) is 3.46. The number of amides is 2. The monoisotopic (exact) mass is 633 g/mol. The van der Waals surface area contributed by atoms with Crippen molar-refractivity contribution in [3.8, 4) is 34.3 Å². The highest BCUT2D eigenvalue weighted by molar-refractivity contribution is 6.49. The molecular weight excluding hydrogens is 602 g/mol. The maximum absolute atomic E-state index is 14.2. The molecule has 1 heterocycles. The zero-order chi connectivity index (χ0) is 33.7. The number of hydrogen-bond donors (Lipinski definition) is 0. The van der Waals surface area contributed by atoms with Gasteiger partial charge >= 0.3 is 0 Å². The molecule has 0 aliphatic carbocycles. The third-order valence-corrected chi connectivity index (χ3v) is 7.49. The van der Waals surface area contributed by atoms with Gasteiger partial charge in [0, 0.05) is 29.3 Å². The van der Waals surface area contributed by atoms with Crippen LogP contribution in [0, 0.1) is 0 Å². The summed E-state index contributed by atoms with van der Waals surface area (Å²) in [5, 5.41) is 0. The molecule has 0 bridgehead atoms. The maximum Gasteiger partial charge on any atom is 0.267 e. The number of ether oxygens (including phenoxy) is 4. The Balaban J connectivity index is 1.70. The summed E-state index contributed by atoms with van der Waals surface area (Å²) in [6, 6.07) is 25.2. The van der Waals surface area contributed by atoms with E-state index in [-0.39, 0.29) is 34.0 Å². The second-order valence-electron chi connectivity index (χ2n) is 10.2. The van der Waals surface area contributed by atoms with Crippen molar-refractivity contribution in [1.82, 2.24) is 9.55 Å². The van der Waals surface area contributed by atoms with Crippen LogP contribution < -0.4 is 23.8 Å². The molecule has 0 radical (unpaired) electrons. The predicted octanol–water partition coefficient (Wildman–Crippen LogP) is 5.67. The van der Waals surface area contributed by atoms with E-state index in [0.717, 1.165) is 4.90 Å². The van der Waals surface area contributed by atoms with E-state index in [4.69, 9.17) is 18.9 Å². The molecule has 11 nitrogen and oxygen atoms in total. The van der Waals surface area contributed by atoms with E-state index >= 15 is 0 Å². The molecule has 0 atom stereocenters. The lowest BCUT2D eigenvalue weighted by Gasteiger charge is -2.21. The Labute approximate surface area is 270 Å². The minimum atomic E-state index is -0.893. The Morgan fingerprint density at radius 2 is 0.894 bits per heavy atom. The molecule has 0 fully saturated rings. The fourth-order valence-corrected chi connectivity index (χ4v) is 4.88. The Morgan fingerprint density at radius 3 is 1.28 bits per heavy atom. The zero-order valence-corrected chi connectivity index (χ0v) is 26.3. The van der Waals surface area contributed by atoms with Crippen molar-refractivity contribution in [1.29, 1.82) is 0 Å². The van der Waals surface area contributed by atoms with Crippen molar-refractivity contribution in [2.75, 3.05) is 33.3 Å². The average molecular weight is 634 g/mol. The number of nitrogens with zero attached hydrogens (tertiary/aromatic N) is 3. The summed E-state index contributed by atoms with van der Waals surface area (Å²) >= 11 is 0. The van der Waals surface area contributed by atoms with Gasteiger partial charge in [0.2, 0.25) is 11.7 Å². The largest absolute Gasteiger partial charge is 0.497 e. The lowest BCUT2D eigenvalue weighted by atomic mass is 10.0. The van der Waals surface area contributed by atoms with E-state index in [1.807, 2.05) is 0 Å². The molecular formula is C36H31N3O8. The lowest BCUT2D eigenvalue weighted by Crippen LogP contribution is -2.39. The molecule has 5 rings (SSSR count). The van der Waals surface area contributed by atoms with Crippen molar-refractivity contribution in [2.24, 2.45) is 7.05 Å². The van der Waals surface area contributed by atoms with Crippen molar-refractivity contribution >= 4 is 29.3 Å². The smallest absolute Gasteiger partial charge is 0.267 e. The first-order valence-corrected chi connectivity index (χ1v) is 14.3. The van der Waals surface area contributed by atoms with Crippen LogP contribution in [-0.2, 0) is 7.05 Å². The molecule has 5 aromatic rings. The van der Waals surface area contributed by atoms with Crippen molar-refractivity contribution in [2.45, 2.75) is 0 Å². The number of imide groups is 1. The van der Waals surface area contributed by atoms with Gasteiger partial charge in [-0.15, -0.1) is 0 Å². The van der Waals surface area contributed by atoms with Gasteiger partial charge in [0.1, 0.15) is 34.4 Å². The molecule has 2 amide bonds. The van der Waals surface area contributed by atoms with Gasteiger partial charge in [0.25, 0.3) is 17.6 Å². The first kappa shape index (κ1) is 32.2. The minimum absolute atomic E-state index is 0.0899. The molecule has 0 unspecified atom stereocenters. The summed E-state index contributed by atoms with van der Waals surface area (Å²) in [6.45, 7) is 0. The molecule has 0 saturated heterocycles. The van der Waals surface area contributed by atoms with Gasteiger partial charge in [-0.05, 0) is 97.1 Å². The van der Waals surface area contributed by atoms with E-state index in [1.54, 1.807) is 60.7 Å². The number of aromatic nitrogens is 2. The summed E-state index contributed by atoms with van der Waals surface area (Å²) in [5.41, 5.74) is 0.854. The van der Waals surface area contributed by atoms with Gasteiger partial charge in [-0.25, -0.2) is 9.88 Å². The second kappa shape index (κ2) is 13.8. The van der Waals surface area contributed by atoms with Crippen molar-refractivity contribution < 1.29 is 38.1 Å². The quantitative estimate of drug-likeness (QED) is 0.103. The molecule has 0 N–H and O–H groups in total. The highest BCUT2D eigenvalue weighted by Crippen LogP contribution is 2.32. The summed E-state index contributed by atoms with van der Waals surface area (Å²) in [5.74, 6) is -1.23. The molecule has 4 aromatic carbocycles. The molecule has 0 saturated carbocycles. The number of hydrogen-bond acceptors (Lipinski definition) is 9. The maximum atomic E-state index is 14.2. The standard InChI is InChI=1S/C36H31N3O8/c1-38-31(33(41)32(40)23-8-16-27(45-3)17-9-23)30(22-6-14-26(44-2)15-7-22)37-36(38)39(34(42)24-10-18-28(46-4)19-11-24)35(43)25-12-20-29(47-5)21-13-25/h6-21H,1-5H3. The molecule has 238 valence electrons. The van der Waals surface area contributed by atoms with Crippen LogP contribution in [0.3, 0.4) is 0 Å². The van der Waals surface area contributed by atoms with E-state index in [2.05, 4.69) is 4.98 Å². The van der Waals surface area contributed by atoms with Crippen molar-refractivity contribution in [3.63, 3.8) is 0 Å². The number of methoxy groups -OCH3 is 4. The van der Waals surface area contributed by atoms with Gasteiger partial charge in [0.15, 0.2) is 0 Å². The number of carbonyl (C=O) groups is 4. The zero-order valence-electron chi connectivity index (χ0n) is 26.3. The number of anilines is 1. The fraction of sp³-hybridized carbons (Fsp3) is 0.139. The highest BCUT2D eigenvalue weighted by Gasteiger charge is 2.35. The summed E-state index contributed by atoms with van der Waals surface area (Å²) in [4.78, 5) is 61.5. The van der Waals surface area contributed by atoms with E-state index in [1.165, 1.54) is 76.5 Å².